The zero-order valence-corrected chi connectivity index (χ0v) is 14.2. The second kappa shape index (κ2) is 3.93. The van der Waals surface area contributed by atoms with Crippen molar-refractivity contribution in [2.24, 2.45) is 0 Å². The van der Waals surface area contributed by atoms with E-state index in [2.05, 4.69) is 72.7 Å². The topological polar surface area (TPSA) is 0 Å². The number of hydrogen-bond donors (Lipinski definition) is 0. The molecule has 2 aliphatic carbocycles. The number of allylic oxidation sites excluding steroid dienone is 5. The van der Waals surface area contributed by atoms with Gasteiger partial charge < -0.3 is 0 Å². The summed E-state index contributed by atoms with van der Waals surface area (Å²) in [4.78, 5) is 0. The van der Waals surface area contributed by atoms with Crippen LogP contribution in [0.1, 0.15) is 21.8 Å². The molecule has 0 nitrogen and oxygen atoms in total. The Bertz CT molecular complexity index is 655. The van der Waals surface area contributed by atoms with Crippen LogP contribution in [0.15, 0.2) is 52.4 Å². The molecule has 1 aromatic rings. The van der Waals surface area contributed by atoms with Gasteiger partial charge >= 0.3 is 112 Å². The number of rotatable bonds is 2. The molecule has 0 aromatic heterocycles. The number of fused-ring (bicyclic) bond motifs is 1. The molecule has 0 saturated carbocycles. The summed E-state index contributed by atoms with van der Waals surface area (Å²) in [5, 5.41) is 5.18. The quantitative estimate of drug-likeness (QED) is 0.723. The molecule has 0 N–H and O–H groups in total. The standard InChI is InChI=1S/C9H7.C5H5.2CH3.H2Si.Ti/c1-2-5-9-7-3-6-8(9)4-1;1-2-4-5-3-1;;;;/h1-7H;1-3H,4H2;2*1H3;1H2;. The van der Waals surface area contributed by atoms with Gasteiger partial charge in [0, 0.05) is 0 Å². The summed E-state index contributed by atoms with van der Waals surface area (Å²) in [6, 6.07) is 8.91. The van der Waals surface area contributed by atoms with Crippen molar-refractivity contribution in [2.75, 3.05) is 0 Å². The normalized spacial score (nSPS) is 22.2. The summed E-state index contributed by atoms with van der Waals surface area (Å²) in [5.41, 5.74) is 2.99. The van der Waals surface area contributed by atoms with Crippen LogP contribution in [-0.4, -0.2) is 7.63 Å². The molecule has 2 heteroatoms. The third kappa shape index (κ3) is 1.77. The zero-order valence-electron chi connectivity index (χ0n) is 11.2. The average Bonchev–Trinajstić information content (AvgIpc) is 2.99. The van der Waals surface area contributed by atoms with E-state index in [4.69, 9.17) is 0 Å². The molecule has 0 fully saturated rings. The summed E-state index contributed by atoms with van der Waals surface area (Å²) >= 11 is -2.59. The third-order valence-corrected chi connectivity index (χ3v) is 16.1. The average molecular weight is 288 g/mol. The zero-order chi connectivity index (χ0) is 12.8. The van der Waals surface area contributed by atoms with Gasteiger partial charge in [-0.2, -0.15) is 0 Å². The summed E-state index contributed by atoms with van der Waals surface area (Å²) in [5.74, 6) is 0. The predicted octanol–water partition coefficient (Wildman–Crippen LogP) is 3.93. The first-order chi connectivity index (χ1) is 8.47. The van der Waals surface area contributed by atoms with Crippen molar-refractivity contribution in [1.82, 2.24) is 0 Å². The summed E-state index contributed by atoms with van der Waals surface area (Å²) in [7, 11) is 2.33. The first kappa shape index (κ1) is 12.4. The third-order valence-electron chi connectivity index (χ3n) is 4.62. The van der Waals surface area contributed by atoms with Crippen molar-refractivity contribution in [1.29, 1.82) is 0 Å². The van der Waals surface area contributed by atoms with Gasteiger partial charge in [0.15, 0.2) is 0 Å². The van der Waals surface area contributed by atoms with Crippen LogP contribution in [0.3, 0.4) is 0 Å². The van der Waals surface area contributed by atoms with Gasteiger partial charge in [-0.1, -0.05) is 0 Å². The van der Waals surface area contributed by atoms with Crippen molar-refractivity contribution >= 4 is 13.7 Å². The first-order valence-electron chi connectivity index (χ1n) is 6.68. The van der Waals surface area contributed by atoms with E-state index in [1.807, 2.05) is 0 Å². The van der Waals surface area contributed by atoms with Gasteiger partial charge in [0.05, 0.1) is 0 Å². The fourth-order valence-electron chi connectivity index (χ4n) is 3.31. The van der Waals surface area contributed by atoms with Gasteiger partial charge in [0.1, 0.15) is 0 Å². The fraction of sp³-hybridized carbons (Fsp3) is 0.250. The second-order valence-electron chi connectivity index (χ2n) is 6.60. The molecule has 1 atom stereocenters. The van der Waals surface area contributed by atoms with Crippen LogP contribution in [0.5, 0.6) is 0 Å². The van der Waals surface area contributed by atoms with Crippen molar-refractivity contribution in [3.63, 3.8) is 0 Å². The van der Waals surface area contributed by atoms with E-state index in [0.29, 0.717) is 4.22 Å². The van der Waals surface area contributed by atoms with Crippen LogP contribution in [0.2, 0.25) is 10.5 Å². The van der Waals surface area contributed by atoms with Crippen molar-refractivity contribution in [3.05, 3.63) is 63.6 Å². The number of benzene rings is 1. The van der Waals surface area contributed by atoms with Gasteiger partial charge in [-0.3, -0.25) is 0 Å². The van der Waals surface area contributed by atoms with Gasteiger partial charge in [-0.15, -0.1) is 0 Å². The first-order valence-corrected chi connectivity index (χ1v) is 15.5. The second-order valence-corrected chi connectivity index (χ2v) is 26.3. The Morgan fingerprint density at radius 2 is 2.00 bits per heavy atom. The van der Waals surface area contributed by atoms with Crippen molar-refractivity contribution in [3.8, 4) is 0 Å². The molecule has 0 spiro atoms. The number of hydrogen-bond acceptors (Lipinski definition) is 0. The van der Waals surface area contributed by atoms with Gasteiger partial charge in [-0.25, -0.2) is 0 Å². The molecule has 18 heavy (non-hydrogen) atoms. The maximum atomic E-state index is 2.59. The predicted molar refractivity (Wildman–Crippen MR) is 80.3 cm³/mol. The Morgan fingerprint density at radius 3 is 2.72 bits per heavy atom. The van der Waals surface area contributed by atoms with Crippen LogP contribution < -0.4 is 0 Å². The minimum absolute atomic E-state index is 0.669. The molecule has 3 rings (SSSR count). The van der Waals surface area contributed by atoms with Crippen LogP contribution in [0.4, 0.5) is 0 Å². The molecule has 0 saturated heterocycles. The van der Waals surface area contributed by atoms with Gasteiger partial charge in [-0.05, 0) is 0 Å². The van der Waals surface area contributed by atoms with E-state index >= 15 is 0 Å². The molecule has 2 aliphatic rings. The molecule has 0 aliphatic heterocycles. The van der Waals surface area contributed by atoms with E-state index in [-0.39, 0.29) is 0 Å². The Balaban J connectivity index is 2.12. The van der Waals surface area contributed by atoms with E-state index in [1.54, 1.807) is 9.44 Å². The van der Waals surface area contributed by atoms with E-state index in [9.17, 15) is 0 Å². The molecule has 92 valence electrons. The fourth-order valence-corrected chi connectivity index (χ4v) is 11.8. The maximum absolute atomic E-state index is 2.59. The van der Waals surface area contributed by atoms with Crippen LogP contribution in [0.25, 0.3) is 6.08 Å². The van der Waals surface area contributed by atoms with Gasteiger partial charge in [0.25, 0.3) is 0 Å². The minimum atomic E-state index is -2.59. The summed E-state index contributed by atoms with van der Waals surface area (Å²) < 4.78 is 2.40. The Morgan fingerprint density at radius 1 is 1.22 bits per heavy atom. The molecule has 1 aromatic carbocycles. The monoisotopic (exact) mass is 288 g/mol. The molecule has 0 heterocycles. The summed E-state index contributed by atoms with van der Waals surface area (Å²) in [6.07, 6.45) is 12.9. The summed E-state index contributed by atoms with van der Waals surface area (Å²) in [6.45, 7) is 0. The van der Waals surface area contributed by atoms with Crippen LogP contribution in [-0.2, 0) is 14.0 Å². The molecule has 0 amide bonds. The van der Waals surface area contributed by atoms with E-state index < -0.39 is 14.0 Å². The SMILES string of the molecule is [CH3][Ti]([CH3])(=[SiH2])([C]1=CC=CC1)[CH]1C=Cc2ccccc21. The van der Waals surface area contributed by atoms with E-state index in [1.165, 1.54) is 12.0 Å². The Kier molecular flexibility index (Phi) is 2.71. The molecule has 1 unspecified atom stereocenters. The van der Waals surface area contributed by atoms with Crippen molar-refractivity contribution in [2.45, 2.75) is 21.1 Å². The van der Waals surface area contributed by atoms with Crippen LogP contribution in [0, 0.1) is 0 Å². The Labute approximate surface area is 112 Å². The van der Waals surface area contributed by atoms with Gasteiger partial charge in [0.2, 0.25) is 0 Å². The Hall–Kier alpha value is -0.629. The molecule has 0 bridgehead atoms. The molecular weight excluding hydrogens is 268 g/mol. The van der Waals surface area contributed by atoms with E-state index in [0.717, 1.165) is 0 Å². The molecular formula is C16H20SiTi. The molecule has 0 radical (unpaired) electrons. The van der Waals surface area contributed by atoms with Crippen molar-refractivity contribution < 1.29 is 14.0 Å². The van der Waals surface area contributed by atoms with Crippen LogP contribution >= 0.6 is 0 Å².